The summed E-state index contributed by atoms with van der Waals surface area (Å²) in [6, 6.07) is 11.7. The summed E-state index contributed by atoms with van der Waals surface area (Å²) in [5.74, 6) is -5.08. The number of aryl methyl sites for hydroxylation is 1. The van der Waals surface area contributed by atoms with Crippen LogP contribution < -0.4 is 16.2 Å². The van der Waals surface area contributed by atoms with Crippen molar-refractivity contribution in [2.75, 3.05) is 5.32 Å². The standard InChI is InChI=1S/C33H26F5IN4O4/c1-3-28(33(36,37)38)41-19-14-24(34)29(25(35)15-19)30(44)42-26(32(46)47-39)13-17-8-9-22(21-7-5-4-6-20(17)21)23-12-18-16-40-11-10-27(18)43(2)31(23)45/h4-12,14-16,26,28,41H,3,13H2,1-2H3,(H,42,44)/t26-,28+/m0/s1. The Labute approximate surface area is 278 Å². The molecule has 3 aromatic carbocycles. The van der Waals surface area contributed by atoms with E-state index in [-0.39, 0.29) is 12.0 Å². The summed E-state index contributed by atoms with van der Waals surface area (Å²) in [5.41, 5.74) is 0.453. The van der Waals surface area contributed by atoms with E-state index in [2.05, 4.69) is 10.3 Å². The molecule has 0 aliphatic carbocycles. The number of alkyl halides is 3. The molecule has 0 bridgehead atoms. The molecular formula is C33H26F5IN4O4. The Morgan fingerprint density at radius 2 is 1.68 bits per heavy atom. The number of amides is 1. The Balaban J connectivity index is 1.47. The van der Waals surface area contributed by atoms with Gasteiger partial charge in [-0.1, -0.05) is 43.3 Å². The Bertz CT molecular complexity index is 2040. The summed E-state index contributed by atoms with van der Waals surface area (Å²) in [6.45, 7) is 1.25. The lowest BCUT2D eigenvalue weighted by molar-refractivity contribution is -0.142. The lowest BCUT2D eigenvalue weighted by Crippen LogP contribution is -2.43. The van der Waals surface area contributed by atoms with Gasteiger partial charge in [0, 0.05) is 42.5 Å². The van der Waals surface area contributed by atoms with Crippen LogP contribution in [0.3, 0.4) is 0 Å². The van der Waals surface area contributed by atoms with Gasteiger partial charge >= 0.3 is 12.1 Å². The number of carbonyl (C=O) groups is 2. The molecule has 5 rings (SSSR count). The summed E-state index contributed by atoms with van der Waals surface area (Å²) >= 11 is 1.32. The molecule has 2 atom stereocenters. The zero-order valence-corrected chi connectivity index (χ0v) is 26.9. The van der Waals surface area contributed by atoms with Gasteiger partial charge < -0.3 is 18.3 Å². The number of fused-ring (bicyclic) bond motifs is 2. The number of rotatable bonds is 9. The molecule has 0 saturated heterocycles. The van der Waals surface area contributed by atoms with Crippen LogP contribution in [0.25, 0.3) is 32.8 Å². The Hall–Kier alpha value is -4.60. The highest BCUT2D eigenvalue weighted by Gasteiger charge is 2.38. The van der Waals surface area contributed by atoms with Crippen LogP contribution in [0.1, 0.15) is 29.3 Å². The zero-order valence-electron chi connectivity index (χ0n) is 24.8. The van der Waals surface area contributed by atoms with Gasteiger partial charge in [0.05, 0.1) is 5.52 Å². The van der Waals surface area contributed by atoms with E-state index in [1.807, 2.05) is 5.32 Å². The molecule has 0 aliphatic heterocycles. The molecular weight excluding hydrogens is 738 g/mol. The number of hydrogen-bond acceptors (Lipinski definition) is 6. The van der Waals surface area contributed by atoms with Crippen LogP contribution in [0.4, 0.5) is 27.6 Å². The second-order valence-electron chi connectivity index (χ2n) is 10.8. The number of hydrogen-bond donors (Lipinski definition) is 2. The molecule has 0 saturated carbocycles. The number of halogens is 6. The normalized spacial score (nSPS) is 12.9. The van der Waals surface area contributed by atoms with Crippen molar-refractivity contribution >= 4 is 62.2 Å². The number of nitrogens with one attached hydrogen (secondary N) is 2. The molecule has 0 fully saturated rings. The molecule has 0 unspecified atom stereocenters. The molecule has 0 spiro atoms. The van der Waals surface area contributed by atoms with Gasteiger partial charge in [-0.2, -0.15) is 13.2 Å². The summed E-state index contributed by atoms with van der Waals surface area (Å²) in [7, 11) is 1.66. The minimum absolute atomic E-state index is 0.166. The summed E-state index contributed by atoms with van der Waals surface area (Å²) in [4.78, 5) is 43.4. The molecule has 0 radical (unpaired) electrons. The number of pyridine rings is 2. The third kappa shape index (κ3) is 6.92. The molecule has 47 heavy (non-hydrogen) atoms. The molecule has 244 valence electrons. The van der Waals surface area contributed by atoms with Gasteiger partial charge in [-0.05, 0) is 52.6 Å². The highest BCUT2D eigenvalue weighted by Crippen LogP contribution is 2.32. The maximum atomic E-state index is 15.0. The maximum Gasteiger partial charge on any atom is 0.408 e. The van der Waals surface area contributed by atoms with Crippen molar-refractivity contribution < 1.29 is 34.6 Å². The van der Waals surface area contributed by atoms with Gasteiger partial charge in [-0.15, -0.1) is 0 Å². The van der Waals surface area contributed by atoms with Crippen LogP contribution in [0.2, 0.25) is 0 Å². The summed E-state index contributed by atoms with van der Waals surface area (Å²) < 4.78 is 75.8. The first-order chi connectivity index (χ1) is 22.3. The minimum atomic E-state index is -4.67. The van der Waals surface area contributed by atoms with Gasteiger partial charge in [-0.25, -0.2) is 13.6 Å². The lowest BCUT2D eigenvalue weighted by Gasteiger charge is -2.22. The second-order valence-corrected chi connectivity index (χ2v) is 11.2. The minimum Gasteiger partial charge on any atom is -0.393 e. The third-order valence-corrected chi connectivity index (χ3v) is 8.27. The van der Waals surface area contributed by atoms with Crippen LogP contribution in [0.5, 0.6) is 0 Å². The van der Waals surface area contributed by atoms with Gasteiger partial charge in [0.1, 0.15) is 29.3 Å². The van der Waals surface area contributed by atoms with Crippen LogP contribution in [0.15, 0.2) is 77.9 Å². The molecule has 2 heterocycles. The largest absolute Gasteiger partial charge is 0.408 e. The first-order valence-electron chi connectivity index (χ1n) is 14.2. The van der Waals surface area contributed by atoms with Gasteiger partial charge in [0.15, 0.2) is 23.0 Å². The van der Waals surface area contributed by atoms with Gasteiger partial charge in [0.25, 0.3) is 11.5 Å². The van der Waals surface area contributed by atoms with E-state index >= 15 is 0 Å². The average molecular weight is 764 g/mol. The van der Waals surface area contributed by atoms with Gasteiger partial charge in [-0.3, -0.25) is 14.6 Å². The van der Waals surface area contributed by atoms with E-state index in [4.69, 9.17) is 3.07 Å². The molecule has 2 N–H and O–H groups in total. The SMILES string of the molecule is CC[C@@H](Nc1cc(F)c(C(=O)N[C@@H](Cc2ccc(-c3cc4cnccc4n(C)c3=O)c3ccccc23)C(=O)OI)c(F)c1)C(F)(F)F. The van der Waals surface area contributed by atoms with Crippen molar-refractivity contribution in [1.82, 2.24) is 14.9 Å². The first kappa shape index (κ1) is 33.8. The van der Waals surface area contributed by atoms with Crippen molar-refractivity contribution in [1.29, 1.82) is 0 Å². The molecule has 5 aromatic rings. The Kier molecular flexibility index (Phi) is 9.79. The number of aromatic nitrogens is 2. The fourth-order valence-corrected chi connectivity index (χ4v) is 5.78. The molecule has 1 amide bonds. The quantitative estimate of drug-likeness (QED) is 0.124. The van der Waals surface area contributed by atoms with E-state index in [1.165, 1.54) is 34.5 Å². The lowest BCUT2D eigenvalue weighted by atomic mass is 9.92. The number of carbonyl (C=O) groups excluding carboxylic acids is 2. The van der Waals surface area contributed by atoms with E-state index in [9.17, 15) is 36.3 Å². The highest BCUT2D eigenvalue weighted by molar-refractivity contribution is 14.1. The predicted molar refractivity (Wildman–Crippen MR) is 175 cm³/mol. The van der Waals surface area contributed by atoms with E-state index in [1.54, 1.807) is 68.0 Å². The van der Waals surface area contributed by atoms with E-state index in [0.29, 0.717) is 45.1 Å². The summed E-state index contributed by atoms with van der Waals surface area (Å²) in [5, 5.41) is 6.39. The van der Waals surface area contributed by atoms with Crippen LogP contribution >= 0.6 is 23.0 Å². The number of benzene rings is 3. The third-order valence-electron chi connectivity index (χ3n) is 7.83. The Morgan fingerprint density at radius 3 is 2.32 bits per heavy atom. The zero-order chi connectivity index (χ0) is 34.0. The van der Waals surface area contributed by atoms with Crippen molar-refractivity contribution in [2.24, 2.45) is 7.05 Å². The topological polar surface area (TPSA) is 102 Å². The monoisotopic (exact) mass is 764 g/mol. The fourth-order valence-electron chi connectivity index (χ4n) is 5.48. The van der Waals surface area contributed by atoms with Crippen LogP contribution in [0, 0.1) is 11.6 Å². The average Bonchev–Trinajstić information content (AvgIpc) is 3.04. The van der Waals surface area contributed by atoms with E-state index in [0.717, 1.165) is 5.39 Å². The molecule has 2 aromatic heterocycles. The second kappa shape index (κ2) is 13.6. The number of anilines is 1. The van der Waals surface area contributed by atoms with Crippen molar-refractivity contribution in [2.45, 2.75) is 38.0 Å². The summed E-state index contributed by atoms with van der Waals surface area (Å²) in [6.07, 6.45) is -1.99. The van der Waals surface area contributed by atoms with Gasteiger partial charge in [0.2, 0.25) is 0 Å². The number of nitrogens with zero attached hydrogens (tertiary/aromatic N) is 2. The van der Waals surface area contributed by atoms with Crippen LogP contribution in [-0.2, 0) is 21.3 Å². The Morgan fingerprint density at radius 1 is 1.00 bits per heavy atom. The van der Waals surface area contributed by atoms with Crippen molar-refractivity contribution in [3.8, 4) is 11.1 Å². The molecule has 14 heteroatoms. The maximum absolute atomic E-state index is 15.0. The molecule has 8 nitrogen and oxygen atoms in total. The highest BCUT2D eigenvalue weighted by atomic mass is 127. The van der Waals surface area contributed by atoms with Crippen molar-refractivity contribution in [3.63, 3.8) is 0 Å². The molecule has 0 aliphatic rings. The van der Waals surface area contributed by atoms with E-state index < -0.39 is 59.4 Å². The fraction of sp³-hybridized carbons (Fsp3) is 0.212. The predicted octanol–water partition coefficient (Wildman–Crippen LogP) is 7.02. The smallest absolute Gasteiger partial charge is 0.393 e. The van der Waals surface area contributed by atoms with Crippen molar-refractivity contribution in [3.05, 3.63) is 106 Å². The first-order valence-corrected chi connectivity index (χ1v) is 15.1. The van der Waals surface area contributed by atoms with Crippen LogP contribution in [-0.4, -0.2) is 39.7 Å².